The van der Waals surface area contributed by atoms with Crippen molar-refractivity contribution in [3.63, 3.8) is 0 Å². The Morgan fingerprint density at radius 1 is 1.23 bits per heavy atom. The Kier molecular flexibility index (Phi) is 8.71. The molecule has 0 saturated heterocycles. The van der Waals surface area contributed by atoms with Crippen LogP contribution in [0.3, 0.4) is 0 Å². The second-order valence-electron chi connectivity index (χ2n) is 2.61. The smallest absolute Gasteiger partial charge is 0.161 e. The summed E-state index contributed by atoms with van der Waals surface area (Å²) in [6, 6.07) is 10.8. The first kappa shape index (κ1) is 12.2. The number of nitrogens with two attached hydrogens (primary N) is 1. The van der Waals surface area contributed by atoms with Crippen molar-refractivity contribution in [3.05, 3.63) is 30.3 Å². The molecule has 0 aliphatic rings. The molecule has 1 aromatic carbocycles. The third-order valence-electron chi connectivity index (χ3n) is 1.35. The Balaban J connectivity index is 0.000000226. The Bertz CT molecular complexity index is 187. The summed E-state index contributed by atoms with van der Waals surface area (Å²) < 4.78 is 5.12. The predicted octanol–water partition coefficient (Wildman–Crippen LogP) is 1.81. The number of rotatable bonds is 3. The molecule has 0 radical (unpaired) electrons. The van der Waals surface area contributed by atoms with E-state index in [2.05, 4.69) is 6.92 Å². The third kappa shape index (κ3) is 9.11. The molecule has 13 heavy (non-hydrogen) atoms. The lowest BCUT2D eigenvalue weighted by molar-refractivity contribution is 0.361. The third-order valence-corrected chi connectivity index (χ3v) is 2.46. The van der Waals surface area contributed by atoms with Gasteiger partial charge in [0.05, 0.1) is 0 Å². The standard InChI is InChI=1S/C6H7N.C4H12OSi/c7-6-4-2-1-3-5-6;1-3-5-6-4-2/h1-5H,7H2;3-4,6H2,1-2H3. The topological polar surface area (TPSA) is 35.2 Å². The van der Waals surface area contributed by atoms with E-state index in [1.165, 1.54) is 6.04 Å². The van der Waals surface area contributed by atoms with Crippen molar-refractivity contribution < 1.29 is 4.43 Å². The number of anilines is 1. The van der Waals surface area contributed by atoms with Gasteiger partial charge in [0, 0.05) is 12.3 Å². The van der Waals surface area contributed by atoms with Gasteiger partial charge in [-0.05, 0) is 25.1 Å². The largest absolute Gasteiger partial charge is 0.424 e. The molecule has 0 heterocycles. The normalized spacial score (nSPS) is 9.69. The van der Waals surface area contributed by atoms with Gasteiger partial charge in [0.15, 0.2) is 9.76 Å². The van der Waals surface area contributed by atoms with E-state index >= 15 is 0 Å². The average Bonchev–Trinajstić information content (AvgIpc) is 2.17. The Morgan fingerprint density at radius 2 is 1.85 bits per heavy atom. The lowest BCUT2D eigenvalue weighted by Crippen LogP contribution is -1.93. The average molecular weight is 197 g/mol. The van der Waals surface area contributed by atoms with Crippen molar-refractivity contribution in [2.45, 2.75) is 19.9 Å². The van der Waals surface area contributed by atoms with Gasteiger partial charge in [0.25, 0.3) is 0 Å². The summed E-state index contributed by atoms with van der Waals surface area (Å²) in [5, 5.41) is 0. The van der Waals surface area contributed by atoms with Gasteiger partial charge in [0.2, 0.25) is 0 Å². The van der Waals surface area contributed by atoms with Crippen LogP contribution in [-0.4, -0.2) is 16.4 Å². The zero-order valence-corrected chi connectivity index (χ0v) is 9.91. The van der Waals surface area contributed by atoms with Crippen molar-refractivity contribution in [3.8, 4) is 0 Å². The number of benzene rings is 1. The molecule has 0 atom stereocenters. The van der Waals surface area contributed by atoms with Crippen molar-refractivity contribution in [2.24, 2.45) is 0 Å². The second kappa shape index (κ2) is 9.29. The quantitative estimate of drug-likeness (QED) is 0.456. The fourth-order valence-corrected chi connectivity index (χ4v) is 1.32. The van der Waals surface area contributed by atoms with Gasteiger partial charge in [-0.2, -0.15) is 0 Å². The maximum Gasteiger partial charge on any atom is 0.161 e. The van der Waals surface area contributed by atoms with Crippen LogP contribution in [0.25, 0.3) is 0 Å². The summed E-state index contributed by atoms with van der Waals surface area (Å²) in [5.41, 5.74) is 6.18. The van der Waals surface area contributed by atoms with Gasteiger partial charge in [-0.15, -0.1) is 0 Å². The van der Waals surface area contributed by atoms with Crippen LogP contribution in [0.4, 0.5) is 5.69 Å². The molecule has 0 aromatic heterocycles. The Labute approximate surface area is 83.0 Å². The van der Waals surface area contributed by atoms with E-state index in [1.54, 1.807) is 0 Å². The summed E-state index contributed by atoms with van der Waals surface area (Å²) in [7, 11) is -0.0783. The van der Waals surface area contributed by atoms with Gasteiger partial charge in [-0.1, -0.05) is 25.1 Å². The lowest BCUT2D eigenvalue weighted by Gasteiger charge is -1.90. The summed E-state index contributed by atoms with van der Waals surface area (Å²) in [6.45, 7) is 5.13. The van der Waals surface area contributed by atoms with Crippen LogP contribution < -0.4 is 5.73 Å². The molecule has 0 fully saturated rings. The van der Waals surface area contributed by atoms with Crippen LogP contribution >= 0.6 is 0 Å². The molecule has 0 amide bonds. The van der Waals surface area contributed by atoms with E-state index in [-0.39, 0.29) is 9.76 Å². The number of para-hydroxylation sites is 1. The number of hydrogen-bond acceptors (Lipinski definition) is 2. The molecule has 0 aliphatic heterocycles. The molecule has 0 unspecified atom stereocenters. The van der Waals surface area contributed by atoms with E-state index in [0.29, 0.717) is 0 Å². The van der Waals surface area contributed by atoms with Crippen LogP contribution in [0.2, 0.25) is 6.04 Å². The minimum absolute atomic E-state index is 0.0783. The van der Waals surface area contributed by atoms with Crippen molar-refractivity contribution >= 4 is 15.5 Å². The molecule has 3 heteroatoms. The minimum atomic E-state index is -0.0783. The highest BCUT2D eigenvalue weighted by Crippen LogP contribution is 1.95. The maximum atomic E-state index is 5.36. The van der Waals surface area contributed by atoms with Gasteiger partial charge in [-0.3, -0.25) is 0 Å². The first-order valence-electron chi connectivity index (χ1n) is 4.69. The van der Waals surface area contributed by atoms with Crippen LogP contribution in [0.15, 0.2) is 30.3 Å². The Hall–Kier alpha value is -0.803. The molecule has 1 rings (SSSR count). The van der Waals surface area contributed by atoms with E-state index in [9.17, 15) is 0 Å². The highest BCUT2D eigenvalue weighted by atomic mass is 28.2. The van der Waals surface area contributed by atoms with Gasteiger partial charge in [-0.25, -0.2) is 0 Å². The Morgan fingerprint density at radius 3 is 2.08 bits per heavy atom. The van der Waals surface area contributed by atoms with E-state index < -0.39 is 0 Å². The maximum absolute atomic E-state index is 5.36. The molecule has 2 N–H and O–H groups in total. The van der Waals surface area contributed by atoms with E-state index in [0.717, 1.165) is 12.3 Å². The fourth-order valence-electron chi connectivity index (χ4n) is 0.742. The summed E-state index contributed by atoms with van der Waals surface area (Å²) in [4.78, 5) is 0. The molecule has 74 valence electrons. The summed E-state index contributed by atoms with van der Waals surface area (Å²) in [6.07, 6.45) is 0. The van der Waals surface area contributed by atoms with Crippen molar-refractivity contribution in [2.75, 3.05) is 12.3 Å². The predicted molar refractivity (Wildman–Crippen MR) is 61.5 cm³/mol. The zero-order chi connectivity index (χ0) is 9.94. The van der Waals surface area contributed by atoms with Gasteiger partial charge >= 0.3 is 0 Å². The molecule has 1 aromatic rings. The van der Waals surface area contributed by atoms with Crippen molar-refractivity contribution in [1.29, 1.82) is 0 Å². The second-order valence-corrected chi connectivity index (χ2v) is 4.42. The molecular formula is C10H19NOSi. The van der Waals surface area contributed by atoms with Crippen LogP contribution in [0, 0.1) is 0 Å². The van der Waals surface area contributed by atoms with Gasteiger partial charge in [0.1, 0.15) is 0 Å². The SMILES string of the molecule is CCO[SiH2]CC.Nc1ccccc1. The monoisotopic (exact) mass is 197 g/mol. The highest BCUT2D eigenvalue weighted by Gasteiger charge is 1.75. The molecule has 0 aliphatic carbocycles. The lowest BCUT2D eigenvalue weighted by atomic mass is 10.3. The van der Waals surface area contributed by atoms with Crippen molar-refractivity contribution in [1.82, 2.24) is 0 Å². The van der Waals surface area contributed by atoms with Crippen LogP contribution in [0.1, 0.15) is 13.8 Å². The minimum Gasteiger partial charge on any atom is -0.424 e. The first-order chi connectivity index (χ1) is 6.31. The summed E-state index contributed by atoms with van der Waals surface area (Å²) >= 11 is 0. The van der Waals surface area contributed by atoms with E-state index in [4.69, 9.17) is 10.2 Å². The first-order valence-corrected chi connectivity index (χ1v) is 6.27. The van der Waals surface area contributed by atoms with Crippen LogP contribution in [0.5, 0.6) is 0 Å². The van der Waals surface area contributed by atoms with E-state index in [1.807, 2.05) is 37.3 Å². The molecule has 0 saturated carbocycles. The molecule has 0 spiro atoms. The molecule has 0 bridgehead atoms. The number of hydrogen-bond donors (Lipinski definition) is 1. The molecular weight excluding hydrogens is 178 g/mol. The van der Waals surface area contributed by atoms with Gasteiger partial charge < -0.3 is 10.2 Å². The fraction of sp³-hybridized carbons (Fsp3) is 0.400. The van der Waals surface area contributed by atoms with Crippen LogP contribution in [-0.2, 0) is 4.43 Å². The summed E-state index contributed by atoms with van der Waals surface area (Å²) in [5.74, 6) is 0. The number of nitrogen functional groups attached to an aromatic ring is 1. The molecule has 2 nitrogen and oxygen atoms in total. The highest BCUT2D eigenvalue weighted by molar-refractivity contribution is 6.26. The zero-order valence-electron chi connectivity index (χ0n) is 8.49.